The molecule has 0 saturated carbocycles. The predicted molar refractivity (Wildman–Crippen MR) is 74.6 cm³/mol. The molecule has 6 nitrogen and oxygen atoms in total. The molecule has 1 heterocycles. The summed E-state index contributed by atoms with van der Waals surface area (Å²) in [6, 6.07) is 7.49. The van der Waals surface area contributed by atoms with Gasteiger partial charge in [-0.05, 0) is 24.3 Å². The van der Waals surface area contributed by atoms with E-state index < -0.39 is 0 Å². The van der Waals surface area contributed by atoms with Gasteiger partial charge >= 0.3 is 0 Å². The molecule has 0 fully saturated rings. The Kier molecular flexibility index (Phi) is 4.51. The van der Waals surface area contributed by atoms with Crippen LogP contribution in [0.3, 0.4) is 0 Å². The van der Waals surface area contributed by atoms with Crippen molar-refractivity contribution in [3.05, 3.63) is 24.3 Å². The number of ether oxygens (including phenoxy) is 2. The first-order valence-electron chi connectivity index (χ1n) is 5.75. The minimum absolute atomic E-state index is 0.415. The zero-order valence-electron chi connectivity index (χ0n) is 10.9. The smallest absolute Gasteiger partial charge is 0.222 e. The first kappa shape index (κ1) is 13.5. The third kappa shape index (κ3) is 3.54. The fourth-order valence-electron chi connectivity index (χ4n) is 1.42. The van der Waals surface area contributed by atoms with E-state index in [0.29, 0.717) is 12.6 Å². The van der Waals surface area contributed by atoms with Crippen molar-refractivity contribution in [3.8, 4) is 11.5 Å². The van der Waals surface area contributed by atoms with Crippen LogP contribution in [-0.4, -0.2) is 34.2 Å². The molecule has 19 heavy (non-hydrogen) atoms. The highest BCUT2D eigenvalue weighted by molar-refractivity contribution is 7.99. The molecule has 0 radical (unpaired) electrons. The molecule has 0 aliphatic carbocycles. The molecule has 0 amide bonds. The first-order chi connectivity index (χ1) is 9.20. The average molecular weight is 280 g/mol. The summed E-state index contributed by atoms with van der Waals surface area (Å²) in [5.41, 5.74) is 5.60. The number of rotatable bonds is 6. The van der Waals surface area contributed by atoms with Crippen LogP contribution in [0.2, 0.25) is 0 Å². The van der Waals surface area contributed by atoms with Gasteiger partial charge in [-0.1, -0.05) is 11.8 Å². The minimum atomic E-state index is 0.415. The van der Waals surface area contributed by atoms with Gasteiger partial charge in [-0.25, -0.2) is 0 Å². The fraction of sp³-hybridized carbons (Fsp3) is 0.333. The van der Waals surface area contributed by atoms with E-state index in [0.717, 1.165) is 22.4 Å². The van der Waals surface area contributed by atoms with Gasteiger partial charge in [0.25, 0.3) is 0 Å². The molecule has 1 aromatic heterocycles. The lowest BCUT2D eigenvalue weighted by molar-refractivity contribution is 0.342. The Balaban J connectivity index is 1.76. The van der Waals surface area contributed by atoms with E-state index in [2.05, 4.69) is 10.2 Å². The molecule has 0 bridgehead atoms. The zero-order valence-corrected chi connectivity index (χ0v) is 11.7. The molecule has 102 valence electrons. The lowest BCUT2D eigenvalue weighted by Gasteiger charge is -2.06. The van der Waals surface area contributed by atoms with Gasteiger partial charge in [0.2, 0.25) is 5.95 Å². The van der Waals surface area contributed by atoms with Crippen molar-refractivity contribution < 1.29 is 9.47 Å². The largest absolute Gasteiger partial charge is 0.497 e. The topological polar surface area (TPSA) is 75.2 Å². The maximum absolute atomic E-state index is 5.61. The van der Waals surface area contributed by atoms with Gasteiger partial charge in [0, 0.05) is 12.8 Å². The van der Waals surface area contributed by atoms with Gasteiger partial charge in [0.15, 0.2) is 5.16 Å². The van der Waals surface area contributed by atoms with Crippen LogP contribution < -0.4 is 15.2 Å². The number of thioether (sulfide) groups is 1. The van der Waals surface area contributed by atoms with Crippen molar-refractivity contribution in [2.24, 2.45) is 7.05 Å². The monoisotopic (exact) mass is 280 g/mol. The number of nitrogen functional groups attached to an aromatic ring is 1. The van der Waals surface area contributed by atoms with Crippen LogP contribution >= 0.6 is 11.8 Å². The van der Waals surface area contributed by atoms with E-state index in [1.165, 1.54) is 0 Å². The van der Waals surface area contributed by atoms with Crippen LogP contribution in [0.5, 0.6) is 11.5 Å². The Labute approximate surface area is 115 Å². The van der Waals surface area contributed by atoms with Crippen molar-refractivity contribution in [1.29, 1.82) is 0 Å². The summed E-state index contributed by atoms with van der Waals surface area (Å²) in [6.07, 6.45) is 0. The Morgan fingerprint density at radius 1 is 1.21 bits per heavy atom. The summed E-state index contributed by atoms with van der Waals surface area (Å²) in [5, 5.41) is 8.54. The lowest BCUT2D eigenvalue weighted by Crippen LogP contribution is -2.02. The second kappa shape index (κ2) is 6.33. The highest BCUT2D eigenvalue weighted by Crippen LogP contribution is 2.19. The van der Waals surface area contributed by atoms with Gasteiger partial charge in [-0.15, -0.1) is 10.2 Å². The van der Waals surface area contributed by atoms with Crippen molar-refractivity contribution in [2.75, 3.05) is 25.2 Å². The Morgan fingerprint density at radius 2 is 1.89 bits per heavy atom. The van der Waals surface area contributed by atoms with Crippen molar-refractivity contribution >= 4 is 17.7 Å². The highest BCUT2D eigenvalue weighted by atomic mass is 32.2. The molecule has 0 unspecified atom stereocenters. The molecule has 2 N–H and O–H groups in total. The van der Waals surface area contributed by atoms with Crippen molar-refractivity contribution in [2.45, 2.75) is 5.16 Å². The van der Waals surface area contributed by atoms with Gasteiger partial charge < -0.3 is 15.2 Å². The summed E-state index contributed by atoms with van der Waals surface area (Å²) >= 11 is 1.55. The molecule has 0 saturated heterocycles. The number of hydrogen-bond acceptors (Lipinski definition) is 6. The van der Waals surface area contributed by atoms with Crippen LogP contribution in [0.15, 0.2) is 29.4 Å². The standard InChI is InChI=1S/C12H16N4O2S/c1-16-11(13)14-15-12(16)19-8-7-18-10-5-3-9(17-2)4-6-10/h3-6H,7-8H2,1-2H3,(H2,13,14). The minimum Gasteiger partial charge on any atom is -0.497 e. The summed E-state index contributed by atoms with van der Waals surface area (Å²) in [6.45, 7) is 0.587. The van der Waals surface area contributed by atoms with Gasteiger partial charge in [0.1, 0.15) is 11.5 Å². The van der Waals surface area contributed by atoms with Crippen LogP contribution in [-0.2, 0) is 7.05 Å². The van der Waals surface area contributed by atoms with E-state index in [-0.39, 0.29) is 0 Å². The van der Waals surface area contributed by atoms with Crippen LogP contribution in [0.1, 0.15) is 0 Å². The summed E-state index contributed by atoms with van der Waals surface area (Å²) in [7, 11) is 3.47. The Hall–Kier alpha value is -1.89. The molecule has 2 rings (SSSR count). The number of aromatic nitrogens is 3. The quantitative estimate of drug-likeness (QED) is 0.639. The molecule has 0 aliphatic rings. The van der Waals surface area contributed by atoms with Crippen LogP contribution in [0.4, 0.5) is 5.95 Å². The van der Waals surface area contributed by atoms with Crippen molar-refractivity contribution in [3.63, 3.8) is 0 Å². The fourth-order valence-corrected chi connectivity index (χ4v) is 2.15. The highest BCUT2D eigenvalue weighted by Gasteiger charge is 2.05. The number of hydrogen-bond donors (Lipinski definition) is 1. The van der Waals surface area contributed by atoms with E-state index >= 15 is 0 Å². The Morgan fingerprint density at radius 3 is 2.47 bits per heavy atom. The summed E-state index contributed by atoms with van der Waals surface area (Å²) in [4.78, 5) is 0. The number of methoxy groups -OCH3 is 1. The molecule has 7 heteroatoms. The predicted octanol–water partition coefficient (Wildman–Crippen LogP) is 1.58. The summed E-state index contributed by atoms with van der Waals surface area (Å²) in [5.74, 6) is 2.83. The number of anilines is 1. The second-order valence-electron chi connectivity index (χ2n) is 3.77. The third-order valence-corrected chi connectivity index (χ3v) is 3.50. The molecule has 0 spiro atoms. The maximum atomic E-state index is 5.61. The zero-order chi connectivity index (χ0) is 13.7. The number of benzene rings is 1. The van der Waals surface area contributed by atoms with E-state index in [1.807, 2.05) is 31.3 Å². The number of nitrogens with zero attached hydrogens (tertiary/aromatic N) is 3. The average Bonchev–Trinajstić information content (AvgIpc) is 2.76. The van der Waals surface area contributed by atoms with E-state index in [4.69, 9.17) is 15.2 Å². The van der Waals surface area contributed by atoms with Gasteiger partial charge in [-0.2, -0.15) is 0 Å². The molecular weight excluding hydrogens is 264 g/mol. The molecule has 2 aromatic rings. The van der Waals surface area contributed by atoms with Gasteiger partial charge in [-0.3, -0.25) is 4.57 Å². The second-order valence-corrected chi connectivity index (χ2v) is 4.83. The Bertz CT molecular complexity index is 527. The normalized spacial score (nSPS) is 10.4. The van der Waals surface area contributed by atoms with Crippen molar-refractivity contribution in [1.82, 2.24) is 14.8 Å². The third-order valence-electron chi connectivity index (χ3n) is 2.51. The van der Waals surface area contributed by atoms with Crippen LogP contribution in [0, 0.1) is 0 Å². The number of nitrogens with two attached hydrogens (primary N) is 1. The molecule has 0 atom stereocenters. The molecule has 1 aromatic carbocycles. The van der Waals surface area contributed by atoms with Crippen LogP contribution in [0.25, 0.3) is 0 Å². The molecule has 0 aliphatic heterocycles. The van der Waals surface area contributed by atoms with Gasteiger partial charge in [0.05, 0.1) is 13.7 Å². The lowest BCUT2D eigenvalue weighted by atomic mass is 10.3. The van der Waals surface area contributed by atoms with E-state index in [1.54, 1.807) is 23.4 Å². The van der Waals surface area contributed by atoms with E-state index in [9.17, 15) is 0 Å². The SMILES string of the molecule is COc1ccc(OCCSc2nnc(N)n2C)cc1. The molecular formula is C12H16N4O2S. The summed E-state index contributed by atoms with van der Waals surface area (Å²) < 4.78 is 12.4. The maximum Gasteiger partial charge on any atom is 0.222 e. The first-order valence-corrected chi connectivity index (χ1v) is 6.74.